The summed E-state index contributed by atoms with van der Waals surface area (Å²) >= 11 is 0. The molecule has 0 saturated heterocycles. The number of hydrogen-bond acceptors (Lipinski definition) is 2. The lowest BCUT2D eigenvalue weighted by Gasteiger charge is -2.30. The van der Waals surface area contributed by atoms with Gasteiger partial charge in [0.15, 0.2) is 5.96 Å². The van der Waals surface area contributed by atoms with Crippen molar-refractivity contribution in [2.24, 2.45) is 4.99 Å². The highest BCUT2D eigenvalue weighted by atomic mass is 15.3. The van der Waals surface area contributed by atoms with Gasteiger partial charge in [-0.15, -0.1) is 0 Å². The first kappa shape index (κ1) is 17.2. The van der Waals surface area contributed by atoms with Crippen LogP contribution in [-0.2, 0) is 6.54 Å². The molecule has 0 atom stereocenters. The predicted octanol–water partition coefficient (Wildman–Crippen LogP) is 3.64. The van der Waals surface area contributed by atoms with Crippen LogP contribution < -0.4 is 5.32 Å². The molecule has 0 spiro atoms. The molecule has 0 fully saturated rings. The molecule has 2 heterocycles. The number of benzene rings is 1. The van der Waals surface area contributed by atoms with E-state index in [2.05, 4.69) is 71.5 Å². The van der Waals surface area contributed by atoms with Gasteiger partial charge in [-0.05, 0) is 43.0 Å². The summed E-state index contributed by atoms with van der Waals surface area (Å²) in [6, 6.07) is 14.7. The standard InChI is InChI=1S/C21H26N4/c1-3-22-21(24-16-20-17(2)8-7-13-23-20)25-14-11-19(12-15-25)18-9-5-4-6-10-18/h4-11,13H,3,12,14-16H2,1-2H3,(H,22,24). The molecule has 1 aromatic carbocycles. The molecule has 0 unspecified atom stereocenters. The van der Waals surface area contributed by atoms with Gasteiger partial charge in [-0.25, -0.2) is 4.99 Å². The minimum atomic E-state index is 0.612. The quantitative estimate of drug-likeness (QED) is 0.685. The van der Waals surface area contributed by atoms with Gasteiger partial charge in [-0.2, -0.15) is 0 Å². The van der Waals surface area contributed by atoms with Gasteiger partial charge in [-0.3, -0.25) is 4.98 Å². The lowest BCUT2D eigenvalue weighted by Crippen LogP contribution is -2.43. The normalized spacial score (nSPS) is 15.0. The fourth-order valence-electron chi connectivity index (χ4n) is 3.04. The van der Waals surface area contributed by atoms with E-state index >= 15 is 0 Å². The van der Waals surface area contributed by atoms with Crippen LogP contribution in [0.3, 0.4) is 0 Å². The van der Waals surface area contributed by atoms with E-state index in [-0.39, 0.29) is 0 Å². The van der Waals surface area contributed by atoms with Crippen LogP contribution in [-0.4, -0.2) is 35.5 Å². The molecular weight excluding hydrogens is 308 g/mol. The van der Waals surface area contributed by atoms with E-state index in [0.29, 0.717) is 6.54 Å². The lowest BCUT2D eigenvalue weighted by atomic mass is 10.00. The first-order valence-electron chi connectivity index (χ1n) is 8.96. The molecule has 0 amide bonds. The largest absolute Gasteiger partial charge is 0.356 e. The van der Waals surface area contributed by atoms with E-state index in [4.69, 9.17) is 4.99 Å². The third-order valence-electron chi connectivity index (χ3n) is 4.48. The highest BCUT2D eigenvalue weighted by molar-refractivity contribution is 5.81. The van der Waals surface area contributed by atoms with Crippen molar-refractivity contribution in [3.63, 3.8) is 0 Å². The first-order chi connectivity index (χ1) is 12.3. The maximum atomic E-state index is 4.81. The van der Waals surface area contributed by atoms with Crippen molar-refractivity contribution in [2.45, 2.75) is 26.8 Å². The molecular formula is C21H26N4. The molecule has 25 heavy (non-hydrogen) atoms. The van der Waals surface area contributed by atoms with Crippen molar-refractivity contribution >= 4 is 11.5 Å². The number of hydrogen-bond donors (Lipinski definition) is 1. The summed E-state index contributed by atoms with van der Waals surface area (Å²) in [5.41, 5.74) is 4.98. The third-order valence-corrected chi connectivity index (χ3v) is 4.48. The molecule has 130 valence electrons. The van der Waals surface area contributed by atoms with E-state index in [1.165, 1.54) is 16.7 Å². The number of nitrogens with one attached hydrogen (secondary N) is 1. The zero-order chi connectivity index (χ0) is 17.5. The smallest absolute Gasteiger partial charge is 0.194 e. The van der Waals surface area contributed by atoms with Crippen molar-refractivity contribution < 1.29 is 0 Å². The summed E-state index contributed by atoms with van der Waals surface area (Å²) in [6.45, 7) is 7.54. The fraction of sp³-hybridized carbons (Fsp3) is 0.333. The maximum absolute atomic E-state index is 4.81. The van der Waals surface area contributed by atoms with E-state index in [1.807, 2.05) is 12.3 Å². The molecule has 1 aliphatic rings. The van der Waals surface area contributed by atoms with Gasteiger partial charge in [0, 0.05) is 25.8 Å². The summed E-state index contributed by atoms with van der Waals surface area (Å²) in [5.74, 6) is 0.968. The topological polar surface area (TPSA) is 40.5 Å². The molecule has 3 rings (SSSR count). The van der Waals surface area contributed by atoms with E-state index in [0.717, 1.165) is 37.7 Å². The molecule has 4 heteroatoms. The van der Waals surface area contributed by atoms with Crippen LogP contribution in [0.2, 0.25) is 0 Å². The van der Waals surface area contributed by atoms with E-state index in [9.17, 15) is 0 Å². The van der Waals surface area contributed by atoms with E-state index in [1.54, 1.807) is 0 Å². The minimum Gasteiger partial charge on any atom is -0.356 e. The summed E-state index contributed by atoms with van der Waals surface area (Å²) in [4.78, 5) is 11.6. The van der Waals surface area contributed by atoms with Gasteiger partial charge < -0.3 is 10.2 Å². The van der Waals surface area contributed by atoms with Crippen molar-refractivity contribution in [3.05, 3.63) is 71.6 Å². The van der Waals surface area contributed by atoms with Crippen LogP contribution >= 0.6 is 0 Å². The second-order valence-electron chi connectivity index (χ2n) is 6.23. The Balaban J connectivity index is 1.70. The fourth-order valence-corrected chi connectivity index (χ4v) is 3.04. The number of aliphatic imine (C=N–C) groups is 1. The Morgan fingerprint density at radius 1 is 1.20 bits per heavy atom. The number of guanidine groups is 1. The van der Waals surface area contributed by atoms with Crippen LogP contribution in [0.15, 0.2) is 59.7 Å². The zero-order valence-corrected chi connectivity index (χ0v) is 15.1. The summed E-state index contributed by atoms with van der Waals surface area (Å²) in [7, 11) is 0. The SMILES string of the molecule is CCNC(=NCc1ncccc1C)N1CC=C(c2ccccc2)CC1. The first-order valence-corrected chi connectivity index (χ1v) is 8.96. The Hall–Kier alpha value is -2.62. The van der Waals surface area contributed by atoms with Gasteiger partial charge >= 0.3 is 0 Å². The Morgan fingerprint density at radius 3 is 2.72 bits per heavy atom. The van der Waals surface area contributed by atoms with Crippen LogP contribution in [0.1, 0.15) is 30.2 Å². The Morgan fingerprint density at radius 2 is 2.04 bits per heavy atom. The molecule has 1 aromatic heterocycles. The Bertz CT molecular complexity index is 750. The van der Waals surface area contributed by atoms with Crippen LogP contribution in [0.25, 0.3) is 5.57 Å². The predicted molar refractivity (Wildman–Crippen MR) is 104 cm³/mol. The Kier molecular flexibility index (Phi) is 5.83. The lowest BCUT2D eigenvalue weighted by molar-refractivity contribution is 0.439. The van der Waals surface area contributed by atoms with Crippen molar-refractivity contribution in [1.29, 1.82) is 0 Å². The molecule has 0 saturated carbocycles. The number of aromatic nitrogens is 1. The van der Waals surface area contributed by atoms with Crippen LogP contribution in [0.5, 0.6) is 0 Å². The van der Waals surface area contributed by atoms with Crippen molar-refractivity contribution in [1.82, 2.24) is 15.2 Å². The number of pyridine rings is 1. The zero-order valence-electron chi connectivity index (χ0n) is 15.1. The van der Waals surface area contributed by atoms with E-state index < -0.39 is 0 Å². The molecule has 4 nitrogen and oxygen atoms in total. The van der Waals surface area contributed by atoms with Crippen LogP contribution in [0.4, 0.5) is 0 Å². The molecule has 0 radical (unpaired) electrons. The van der Waals surface area contributed by atoms with Crippen molar-refractivity contribution in [2.75, 3.05) is 19.6 Å². The van der Waals surface area contributed by atoms with Gasteiger partial charge in [0.25, 0.3) is 0 Å². The molecule has 0 bridgehead atoms. The average molecular weight is 334 g/mol. The number of nitrogens with zero attached hydrogens (tertiary/aromatic N) is 3. The maximum Gasteiger partial charge on any atom is 0.194 e. The molecule has 1 N–H and O–H groups in total. The highest BCUT2D eigenvalue weighted by Crippen LogP contribution is 2.22. The van der Waals surface area contributed by atoms with Gasteiger partial charge in [0.2, 0.25) is 0 Å². The minimum absolute atomic E-state index is 0.612. The summed E-state index contributed by atoms with van der Waals surface area (Å²) < 4.78 is 0. The second kappa shape index (κ2) is 8.47. The molecule has 1 aliphatic heterocycles. The average Bonchev–Trinajstić information content (AvgIpc) is 2.67. The molecule has 2 aromatic rings. The number of rotatable bonds is 4. The Labute approximate surface area is 150 Å². The van der Waals surface area contributed by atoms with Crippen LogP contribution in [0, 0.1) is 6.92 Å². The summed E-state index contributed by atoms with van der Waals surface area (Å²) in [6.07, 6.45) is 5.19. The summed E-state index contributed by atoms with van der Waals surface area (Å²) in [5, 5.41) is 3.42. The monoisotopic (exact) mass is 334 g/mol. The van der Waals surface area contributed by atoms with Gasteiger partial charge in [0.05, 0.1) is 12.2 Å². The second-order valence-corrected chi connectivity index (χ2v) is 6.23. The highest BCUT2D eigenvalue weighted by Gasteiger charge is 2.16. The molecule has 0 aliphatic carbocycles. The third kappa shape index (κ3) is 4.47. The van der Waals surface area contributed by atoms with Gasteiger partial charge in [0.1, 0.15) is 0 Å². The van der Waals surface area contributed by atoms with Gasteiger partial charge in [-0.1, -0.05) is 42.5 Å². The van der Waals surface area contributed by atoms with Crippen molar-refractivity contribution in [3.8, 4) is 0 Å². The number of aryl methyl sites for hydroxylation is 1.